The first-order chi connectivity index (χ1) is 13.0. The maximum Gasteiger partial charge on any atom is 0.240 e. The average Bonchev–Trinajstić information content (AvgIpc) is 3.10. The Labute approximate surface area is 160 Å². The van der Waals surface area contributed by atoms with Gasteiger partial charge in [0.05, 0.1) is 4.90 Å². The van der Waals surface area contributed by atoms with Gasteiger partial charge in [-0.15, -0.1) is 0 Å². The normalized spacial score (nSPS) is 15.6. The number of amides is 1. The summed E-state index contributed by atoms with van der Waals surface area (Å²) in [5.74, 6) is 0.897. The van der Waals surface area contributed by atoms with Gasteiger partial charge in [0.15, 0.2) is 5.82 Å². The van der Waals surface area contributed by atoms with Gasteiger partial charge >= 0.3 is 0 Å². The van der Waals surface area contributed by atoms with Crippen LogP contribution in [0.15, 0.2) is 41.3 Å². The zero-order valence-electron chi connectivity index (χ0n) is 15.3. The topological polar surface area (TPSA) is 104 Å². The number of nitrogens with one attached hydrogen (secondary N) is 3. The fourth-order valence-electron chi connectivity index (χ4n) is 3.42. The number of aromatic nitrogens is 2. The minimum absolute atomic E-state index is 0.0302. The highest BCUT2D eigenvalue weighted by Crippen LogP contribution is 2.26. The Bertz CT molecular complexity index is 843. The van der Waals surface area contributed by atoms with Crippen LogP contribution < -0.4 is 10.0 Å². The van der Waals surface area contributed by atoms with Gasteiger partial charge < -0.3 is 5.32 Å². The quantitative estimate of drug-likeness (QED) is 0.645. The second-order valence-corrected chi connectivity index (χ2v) is 8.76. The van der Waals surface area contributed by atoms with Crippen LogP contribution in [0.25, 0.3) is 0 Å². The van der Waals surface area contributed by atoms with E-state index in [4.69, 9.17) is 0 Å². The fraction of sp³-hybridized carbons (Fsp3) is 0.474. The first-order valence-electron chi connectivity index (χ1n) is 9.42. The Balaban J connectivity index is 1.43. The maximum absolute atomic E-state index is 12.1. The van der Waals surface area contributed by atoms with Crippen LogP contribution in [0.1, 0.15) is 44.2 Å². The number of hydrogen-bond acceptors (Lipinski definition) is 4. The number of carbonyl (C=O) groups is 1. The van der Waals surface area contributed by atoms with Crippen molar-refractivity contribution < 1.29 is 13.2 Å². The molecule has 0 bridgehead atoms. The molecule has 146 valence electrons. The van der Waals surface area contributed by atoms with Crippen molar-refractivity contribution in [3.8, 4) is 0 Å². The Kier molecular flexibility index (Phi) is 6.63. The summed E-state index contributed by atoms with van der Waals surface area (Å²) in [5.41, 5.74) is 1.03. The molecule has 1 aromatic heterocycles. The molecule has 1 aliphatic rings. The van der Waals surface area contributed by atoms with E-state index in [-0.39, 0.29) is 23.8 Å². The first kappa shape index (κ1) is 19.6. The Morgan fingerprint density at radius 2 is 1.89 bits per heavy atom. The van der Waals surface area contributed by atoms with Crippen LogP contribution in [-0.2, 0) is 21.2 Å². The molecule has 1 fully saturated rings. The van der Waals surface area contributed by atoms with Crippen molar-refractivity contribution in [2.75, 3.05) is 11.9 Å². The van der Waals surface area contributed by atoms with Crippen molar-refractivity contribution in [2.24, 2.45) is 5.92 Å². The van der Waals surface area contributed by atoms with Crippen LogP contribution in [0.5, 0.6) is 0 Å². The average molecular weight is 391 g/mol. The number of anilines is 1. The summed E-state index contributed by atoms with van der Waals surface area (Å²) in [6.45, 7) is 0.0302. The molecule has 1 saturated carbocycles. The van der Waals surface area contributed by atoms with Gasteiger partial charge in [-0.25, -0.2) is 13.1 Å². The molecule has 1 aliphatic carbocycles. The lowest BCUT2D eigenvalue weighted by molar-refractivity contribution is -0.116. The molecule has 8 heteroatoms. The van der Waals surface area contributed by atoms with Crippen molar-refractivity contribution >= 4 is 21.7 Å². The number of aromatic amines is 1. The molecule has 7 nitrogen and oxygen atoms in total. The van der Waals surface area contributed by atoms with E-state index in [2.05, 4.69) is 20.2 Å². The molecule has 0 aliphatic heterocycles. The molecular weight excluding hydrogens is 364 g/mol. The molecule has 3 rings (SSSR count). The third-order valence-corrected chi connectivity index (χ3v) is 6.31. The van der Waals surface area contributed by atoms with Crippen LogP contribution >= 0.6 is 0 Å². The second-order valence-electron chi connectivity index (χ2n) is 7.00. The Morgan fingerprint density at radius 1 is 1.15 bits per heavy atom. The lowest BCUT2D eigenvalue weighted by Crippen LogP contribution is -2.27. The summed E-state index contributed by atoms with van der Waals surface area (Å²) in [5, 5.41) is 9.82. The van der Waals surface area contributed by atoms with Crippen LogP contribution in [0.3, 0.4) is 0 Å². The fourth-order valence-corrected chi connectivity index (χ4v) is 4.47. The van der Waals surface area contributed by atoms with E-state index < -0.39 is 10.0 Å². The Morgan fingerprint density at radius 3 is 2.63 bits per heavy atom. The van der Waals surface area contributed by atoms with Gasteiger partial charge in [-0.05, 0) is 24.5 Å². The van der Waals surface area contributed by atoms with Crippen molar-refractivity contribution in [2.45, 2.75) is 49.8 Å². The molecule has 1 amide bonds. The van der Waals surface area contributed by atoms with E-state index in [1.807, 2.05) is 6.07 Å². The smallest absolute Gasteiger partial charge is 0.240 e. The highest BCUT2D eigenvalue weighted by molar-refractivity contribution is 7.89. The number of H-pyrrole nitrogens is 1. The predicted molar refractivity (Wildman–Crippen MR) is 104 cm³/mol. The minimum atomic E-state index is -3.59. The summed E-state index contributed by atoms with van der Waals surface area (Å²) in [4.78, 5) is 12.2. The van der Waals surface area contributed by atoms with Crippen molar-refractivity contribution in [3.05, 3.63) is 42.1 Å². The molecule has 0 saturated heterocycles. The van der Waals surface area contributed by atoms with Crippen molar-refractivity contribution in [1.29, 1.82) is 0 Å². The molecule has 0 spiro atoms. The third-order valence-electron chi connectivity index (χ3n) is 4.83. The molecule has 0 radical (unpaired) electrons. The highest BCUT2D eigenvalue weighted by Gasteiger charge is 2.16. The van der Waals surface area contributed by atoms with E-state index in [1.165, 1.54) is 44.2 Å². The number of benzene rings is 1. The largest absolute Gasteiger partial charge is 0.309 e. The monoisotopic (exact) mass is 390 g/mol. The number of hydrogen-bond donors (Lipinski definition) is 3. The van der Waals surface area contributed by atoms with Gasteiger partial charge in [0.25, 0.3) is 0 Å². The molecule has 0 atom stereocenters. The summed E-state index contributed by atoms with van der Waals surface area (Å²) < 4.78 is 26.6. The number of nitrogens with zero attached hydrogens (tertiary/aromatic N) is 1. The third kappa shape index (κ3) is 5.90. The van der Waals surface area contributed by atoms with E-state index in [9.17, 15) is 13.2 Å². The molecule has 2 aromatic rings. The zero-order valence-corrected chi connectivity index (χ0v) is 16.1. The summed E-state index contributed by atoms with van der Waals surface area (Å²) in [6, 6.07) is 9.95. The molecule has 1 heterocycles. The number of sulfonamides is 1. The van der Waals surface area contributed by atoms with Gasteiger partial charge in [-0.2, -0.15) is 5.10 Å². The standard InChI is InChI=1S/C19H26N4O3S/c24-19(11-12-20-27(25,26)17-9-5-2-6-10-17)21-18-14-16(22-23-18)13-15-7-3-1-4-8-15/h2,5-6,9-10,14-15,20H,1,3-4,7-8,11-13H2,(H2,21,22,23,24). The second kappa shape index (κ2) is 9.14. The van der Waals surface area contributed by atoms with E-state index in [0.717, 1.165) is 12.1 Å². The van der Waals surface area contributed by atoms with Crippen LogP contribution in [0, 0.1) is 5.92 Å². The van der Waals surface area contributed by atoms with Crippen LogP contribution in [-0.4, -0.2) is 31.1 Å². The zero-order chi connectivity index (χ0) is 19.1. The SMILES string of the molecule is O=C(CCNS(=O)(=O)c1ccccc1)Nc1cc(CC2CCCCC2)[nH]n1. The lowest BCUT2D eigenvalue weighted by atomic mass is 9.86. The molecule has 0 unspecified atom stereocenters. The van der Waals surface area contributed by atoms with E-state index >= 15 is 0 Å². The molecular formula is C19H26N4O3S. The lowest BCUT2D eigenvalue weighted by Gasteiger charge is -2.20. The highest BCUT2D eigenvalue weighted by atomic mass is 32.2. The van der Waals surface area contributed by atoms with E-state index in [1.54, 1.807) is 18.2 Å². The first-order valence-corrected chi connectivity index (χ1v) is 10.9. The summed E-state index contributed by atoms with van der Waals surface area (Å²) in [6.07, 6.45) is 7.42. The van der Waals surface area contributed by atoms with Gasteiger partial charge in [0, 0.05) is 24.7 Å². The molecule has 3 N–H and O–H groups in total. The Hall–Kier alpha value is -2.19. The van der Waals surface area contributed by atoms with Gasteiger partial charge in [0.2, 0.25) is 15.9 Å². The molecule has 27 heavy (non-hydrogen) atoms. The van der Waals surface area contributed by atoms with Crippen molar-refractivity contribution in [1.82, 2.24) is 14.9 Å². The number of carbonyl (C=O) groups excluding carboxylic acids is 1. The molecule has 1 aromatic carbocycles. The van der Waals surface area contributed by atoms with Gasteiger partial charge in [-0.3, -0.25) is 9.89 Å². The van der Waals surface area contributed by atoms with Crippen molar-refractivity contribution in [3.63, 3.8) is 0 Å². The van der Waals surface area contributed by atoms with Gasteiger partial charge in [-0.1, -0.05) is 50.3 Å². The van der Waals surface area contributed by atoms with Crippen LogP contribution in [0.2, 0.25) is 0 Å². The summed E-state index contributed by atoms with van der Waals surface area (Å²) >= 11 is 0. The maximum atomic E-state index is 12.1. The number of rotatable bonds is 8. The predicted octanol–water partition coefficient (Wildman–Crippen LogP) is 2.84. The van der Waals surface area contributed by atoms with Gasteiger partial charge in [0.1, 0.15) is 0 Å². The van der Waals surface area contributed by atoms with E-state index in [0.29, 0.717) is 11.7 Å². The summed E-state index contributed by atoms with van der Waals surface area (Å²) in [7, 11) is -3.59. The van der Waals surface area contributed by atoms with Crippen LogP contribution in [0.4, 0.5) is 5.82 Å². The minimum Gasteiger partial charge on any atom is -0.309 e.